The molecular formula is C27H27N7O2. The molecule has 0 bridgehead atoms. The first-order valence-corrected chi connectivity index (χ1v) is 11.6. The lowest BCUT2D eigenvalue weighted by atomic mass is 10.1. The summed E-state index contributed by atoms with van der Waals surface area (Å²) in [5.74, 6) is 0.296. The van der Waals surface area contributed by atoms with Crippen LogP contribution < -0.4 is 11.1 Å². The fourth-order valence-electron chi connectivity index (χ4n) is 4.13. The van der Waals surface area contributed by atoms with Crippen molar-refractivity contribution in [1.29, 1.82) is 0 Å². The molecule has 5 aromatic rings. The zero-order valence-corrected chi connectivity index (χ0v) is 20.0. The van der Waals surface area contributed by atoms with Crippen LogP contribution in [-0.2, 0) is 31.0 Å². The highest BCUT2D eigenvalue weighted by atomic mass is 16.5. The molecule has 5 rings (SSSR count). The SMILES string of the molecule is COCc1nn(Cc2ccc(Cn3cccn3)cc2)cc1C(=O)NCc1ccc2c(N)nccc2c1. The van der Waals surface area contributed by atoms with Gasteiger partial charge in [-0.05, 0) is 40.3 Å². The summed E-state index contributed by atoms with van der Waals surface area (Å²) in [5, 5.41) is 13.7. The largest absolute Gasteiger partial charge is 0.383 e. The third-order valence-corrected chi connectivity index (χ3v) is 5.95. The number of rotatable bonds is 9. The normalized spacial score (nSPS) is 11.1. The van der Waals surface area contributed by atoms with Gasteiger partial charge >= 0.3 is 0 Å². The highest BCUT2D eigenvalue weighted by Crippen LogP contribution is 2.20. The first kappa shape index (κ1) is 23.3. The van der Waals surface area contributed by atoms with Crippen LogP contribution in [0.3, 0.4) is 0 Å². The van der Waals surface area contributed by atoms with Gasteiger partial charge < -0.3 is 15.8 Å². The molecule has 3 aromatic heterocycles. The molecule has 0 aliphatic rings. The molecule has 0 unspecified atom stereocenters. The summed E-state index contributed by atoms with van der Waals surface area (Å²) in [7, 11) is 1.59. The Hall–Kier alpha value is -4.50. The van der Waals surface area contributed by atoms with Crippen LogP contribution in [0.5, 0.6) is 0 Å². The minimum Gasteiger partial charge on any atom is -0.383 e. The lowest BCUT2D eigenvalue weighted by Gasteiger charge is -2.07. The van der Waals surface area contributed by atoms with Gasteiger partial charge in [-0.2, -0.15) is 10.2 Å². The van der Waals surface area contributed by atoms with Crippen molar-refractivity contribution in [3.05, 3.63) is 107 Å². The van der Waals surface area contributed by atoms with Crippen LogP contribution in [0.1, 0.15) is 32.7 Å². The summed E-state index contributed by atoms with van der Waals surface area (Å²) in [6.45, 7) is 1.90. The van der Waals surface area contributed by atoms with E-state index in [0.29, 0.717) is 30.2 Å². The van der Waals surface area contributed by atoms with Crippen molar-refractivity contribution in [1.82, 2.24) is 29.9 Å². The number of ether oxygens (including phenoxy) is 1. The van der Waals surface area contributed by atoms with Crippen molar-refractivity contribution >= 4 is 22.5 Å². The van der Waals surface area contributed by atoms with Crippen LogP contribution in [0.25, 0.3) is 10.8 Å². The van der Waals surface area contributed by atoms with Gasteiger partial charge in [0, 0.05) is 43.8 Å². The first-order chi connectivity index (χ1) is 17.6. The molecule has 0 saturated heterocycles. The topological polar surface area (TPSA) is 113 Å². The van der Waals surface area contributed by atoms with Crippen LogP contribution in [0.15, 0.2) is 79.4 Å². The predicted octanol–water partition coefficient (Wildman–Crippen LogP) is 3.38. The summed E-state index contributed by atoms with van der Waals surface area (Å²) in [4.78, 5) is 17.1. The number of carbonyl (C=O) groups excluding carboxylic acids is 1. The Balaban J connectivity index is 1.26. The Morgan fingerprint density at radius 1 is 1.00 bits per heavy atom. The van der Waals surface area contributed by atoms with E-state index in [1.54, 1.807) is 30.4 Å². The number of benzene rings is 2. The van der Waals surface area contributed by atoms with Crippen LogP contribution in [0.4, 0.5) is 5.82 Å². The van der Waals surface area contributed by atoms with Crippen LogP contribution in [0, 0.1) is 0 Å². The van der Waals surface area contributed by atoms with Gasteiger partial charge in [-0.25, -0.2) is 4.98 Å². The Labute approximate surface area is 208 Å². The molecule has 9 nitrogen and oxygen atoms in total. The number of carbonyl (C=O) groups is 1. The number of aromatic nitrogens is 5. The summed E-state index contributed by atoms with van der Waals surface area (Å²) < 4.78 is 8.95. The van der Waals surface area contributed by atoms with E-state index in [4.69, 9.17) is 10.5 Å². The molecule has 0 atom stereocenters. The van der Waals surface area contributed by atoms with Gasteiger partial charge in [0.1, 0.15) is 11.5 Å². The van der Waals surface area contributed by atoms with Crippen molar-refractivity contribution in [3.63, 3.8) is 0 Å². The average molecular weight is 482 g/mol. The Morgan fingerprint density at radius 3 is 2.47 bits per heavy atom. The molecule has 3 N–H and O–H groups in total. The van der Waals surface area contributed by atoms with Gasteiger partial charge in [-0.15, -0.1) is 0 Å². The standard InChI is InChI=1S/C27H27N7O2/c1-36-18-25-24(27(35)30-14-21-7-8-23-22(13-21)9-11-29-26(23)28)17-34(32-25)16-20-5-3-19(4-6-20)15-33-12-2-10-31-33/h2-13,17H,14-16,18H2,1H3,(H2,28,29)(H,30,35). The smallest absolute Gasteiger partial charge is 0.255 e. The fraction of sp³-hybridized carbons (Fsp3) is 0.185. The average Bonchev–Trinajstić information content (AvgIpc) is 3.54. The number of hydrogen-bond acceptors (Lipinski definition) is 6. The maximum Gasteiger partial charge on any atom is 0.255 e. The minimum absolute atomic E-state index is 0.197. The Morgan fingerprint density at radius 2 is 1.75 bits per heavy atom. The van der Waals surface area contributed by atoms with Crippen LogP contribution >= 0.6 is 0 Å². The first-order valence-electron chi connectivity index (χ1n) is 11.6. The van der Waals surface area contributed by atoms with Crippen molar-refractivity contribution in [2.24, 2.45) is 0 Å². The molecule has 1 amide bonds. The third-order valence-electron chi connectivity index (χ3n) is 5.95. The highest BCUT2D eigenvalue weighted by Gasteiger charge is 2.17. The predicted molar refractivity (Wildman–Crippen MR) is 137 cm³/mol. The number of nitrogen functional groups attached to an aromatic ring is 1. The molecule has 182 valence electrons. The second kappa shape index (κ2) is 10.4. The zero-order valence-electron chi connectivity index (χ0n) is 20.0. The summed E-state index contributed by atoms with van der Waals surface area (Å²) in [5.41, 5.74) is 10.3. The third kappa shape index (κ3) is 5.26. The number of fused-ring (bicyclic) bond motifs is 1. The lowest BCUT2D eigenvalue weighted by Crippen LogP contribution is -2.23. The van der Waals surface area contributed by atoms with Crippen molar-refractivity contribution in [2.75, 3.05) is 12.8 Å². The monoisotopic (exact) mass is 481 g/mol. The number of pyridine rings is 1. The molecule has 0 aliphatic heterocycles. The summed E-state index contributed by atoms with van der Waals surface area (Å²) in [6.07, 6.45) is 7.16. The van der Waals surface area contributed by atoms with Crippen molar-refractivity contribution < 1.29 is 9.53 Å². The molecule has 2 aromatic carbocycles. The molecule has 3 heterocycles. The molecule has 0 spiro atoms. The van der Waals surface area contributed by atoms with E-state index in [1.807, 2.05) is 41.2 Å². The number of amides is 1. The van der Waals surface area contributed by atoms with Gasteiger partial charge in [0.25, 0.3) is 5.91 Å². The number of hydrogen-bond donors (Lipinski definition) is 2. The quantitative estimate of drug-likeness (QED) is 0.334. The molecule has 36 heavy (non-hydrogen) atoms. The number of nitrogens with two attached hydrogens (primary N) is 1. The molecule has 0 saturated carbocycles. The van der Waals surface area contributed by atoms with Crippen LogP contribution in [-0.4, -0.2) is 37.6 Å². The van der Waals surface area contributed by atoms with E-state index in [-0.39, 0.29) is 12.5 Å². The highest BCUT2D eigenvalue weighted by molar-refractivity contribution is 5.95. The molecule has 9 heteroatoms. The maximum atomic E-state index is 13.0. The minimum atomic E-state index is -0.197. The van der Waals surface area contributed by atoms with Crippen molar-refractivity contribution in [2.45, 2.75) is 26.2 Å². The van der Waals surface area contributed by atoms with E-state index in [1.165, 1.54) is 0 Å². The van der Waals surface area contributed by atoms with Gasteiger partial charge in [0.2, 0.25) is 0 Å². The van der Waals surface area contributed by atoms with E-state index >= 15 is 0 Å². The Kier molecular flexibility index (Phi) is 6.72. The molecule has 0 aliphatic carbocycles. The lowest BCUT2D eigenvalue weighted by molar-refractivity contribution is 0.0946. The molecular weight excluding hydrogens is 454 g/mol. The number of anilines is 1. The fourth-order valence-corrected chi connectivity index (χ4v) is 4.13. The van der Waals surface area contributed by atoms with Crippen LogP contribution in [0.2, 0.25) is 0 Å². The molecule has 0 fully saturated rings. The number of nitrogens with one attached hydrogen (secondary N) is 1. The van der Waals surface area contributed by atoms with Gasteiger partial charge in [-0.1, -0.05) is 36.4 Å². The van der Waals surface area contributed by atoms with Gasteiger partial charge in [-0.3, -0.25) is 14.2 Å². The summed E-state index contributed by atoms with van der Waals surface area (Å²) >= 11 is 0. The van der Waals surface area contributed by atoms with Crippen molar-refractivity contribution in [3.8, 4) is 0 Å². The van der Waals surface area contributed by atoms with E-state index < -0.39 is 0 Å². The molecule has 0 radical (unpaired) electrons. The zero-order chi connectivity index (χ0) is 24.9. The Bertz CT molecular complexity index is 1470. The second-order valence-electron chi connectivity index (χ2n) is 8.57. The second-order valence-corrected chi connectivity index (χ2v) is 8.57. The summed E-state index contributed by atoms with van der Waals surface area (Å²) in [6, 6.07) is 18.0. The number of nitrogens with zero attached hydrogens (tertiary/aromatic N) is 5. The van der Waals surface area contributed by atoms with Gasteiger partial charge in [0.05, 0.1) is 25.3 Å². The maximum absolute atomic E-state index is 13.0. The number of methoxy groups -OCH3 is 1. The van der Waals surface area contributed by atoms with Gasteiger partial charge in [0.15, 0.2) is 0 Å². The van der Waals surface area contributed by atoms with E-state index in [9.17, 15) is 4.79 Å². The van der Waals surface area contributed by atoms with E-state index in [0.717, 1.165) is 34.0 Å². The van der Waals surface area contributed by atoms with E-state index in [2.05, 4.69) is 44.8 Å².